The van der Waals surface area contributed by atoms with Gasteiger partial charge in [-0.2, -0.15) is 9.57 Å². The van der Waals surface area contributed by atoms with E-state index in [2.05, 4.69) is 20.9 Å². The van der Waals surface area contributed by atoms with E-state index >= 15 is 0 Å². The molecular formula is C21H17BrFN3O2S. The first-order valence-corrected chi connectivity index (χ1v) is 11.1. The summed E-state index contributed by atoms with van der Waals surface area (Å²) < 4.78 is 42.5. The molecule has 0 aliphatic carbocycles. The van der Waals surface area contributed by atoms with Crippen LogP contribution in [0.4, 0.5) is 4.39 Å². The van der Waals surface area contributed by atoms with Gasteiger partial charge < -0.3 is 0 Å². The van der Waals surface area contributed by atoms with E-state index in [4.69, 9.17) is 5.26 Å². The van der Waals surface area contributed by atoms with Crippen LogP contribution in [0.2, 0.25) is 0 Å². The van der Waals surface area contributed by atoms with Gasteiger partial charge in [0.05, 0.1) is 29.6 Å². The molecule has 3 rings (SSSR count). The van der Waals surface area contributed by atoms with Gasteiger partial charge in [-0.15, -0.1) is 0 Å². The number of benzene rings is 2. The van der Waals surface area contributed by atoms with Crippen molar-refractivity contribution in [3.63, 3.8) is 0 Å². The minimum Gasteiger partial charge on any atom is -0.260 e. The van der Waals surface area contributed by atoms with E-state index in [0.717, 1.165) is 0 Å². The summed E-state index contributed by atoms with van der Waals surface area (Å²) in [5, 5.41) is 9.05. The molecule has 0 saturated heterocycles. The summed E-state index contributed by atoms with van der Waals surface area (Å²) >= 11 is 3.21. The lowest BCUT2D eigenvalue weighted by atomic mass is 10.2. The third-order valence-electron chi connectivity index (χ3n) is 4.22. The topological polar surface area (TPSA) is 74.1 Å². The smallest absolute Gasteiger partial charge is 0.218 e. The second-order valence-electron chi connectivity index (χ2n) is 6.39. The fourth-order valence-corrected chi connectivity index (χ4v) is 4.58. The van der Waals surface area contributed by atoms with Crippen LogP contribution >= 0.6 is 15.9 Å². The Balaban J connectivity index is 1.93. The van der Waals surface area contributed by atoms with Crippen LogP contribution in [0.25, 0.3) is 0 Å². The summed E-state index contributed by atoms with van der Waals surface area (Å²) in [4.78, 5) is 4.19. The fourth-order valence-electron chi connectivity index (χ4n) is 2.80. The molecule has 0 amide bonds. The Hall–Kier alpha value is -2.60. The van der Waals surface area contributed by atoms with Crippen molar-refractivity contribution in [2.24, 2.45) is 0 Å². The van der Waals surface area contributed by atoms with Gasteiger partial charge in [0.2, 0.25) is 10.0 Å². The van der Waals surface area contributed by atoms with Crippen LogP contribution in [0.1, 0.15) is 22.4 Å². The fraction of sp³-hybridized carbons (Fsp3) is 0.143. The number of sulfonamides is 1. The highest BCUT2D eigenvalue weighted by Gasteiger charge is 2.25. The first-order valence-electron chi connectivity index (χ1n) is 8.68. The van der Waals surface area contributed by atoms with E-state index in [9.17, 15) is 12.8 Å². The number of rotatable bonds is 7. The van der Waals surface area contributed by atoms with Crippen molar-refractivity contribution >= 4 is 26.0 Å². The van der Waals surface area contributed by atoms with E-state index < -0.39 is 15.8 Å². The molecule has 0 fully saturated rings. The van der Waals surface area contributed by atoms with Gasteiger partial charge in [-0.3, -0.25) is 4.98 Å². The van der Waals surface area contributed by atoms with E-state index in [0.29, 0.717) is 21.3 Å². The van der Waals surface area contributed by atoms with E-state index in [1.165, 1.54) is 16.4 Å². The highest BCUT2D eigenvalue weighted by molar-refractivity contribution is 9.10. The third kappa shape index (κ3) is 5.70. The Morgan fingerprint density at radius 2 is 1.90 bits per heavy atom. The highest BCUT2D eigenvalue weighted by Crippen LogP contribution is 2.21. The Bertz CT molecular complexity index is 1150. The van der Waals surface area contributed by atoms with Crippen molar-refractivity contribution in [1.82, 2.24) is 9.29 Å². The van der Waals surface area contributed by atoms with Crippen LogP contribution in [0.5, 0.6) is 0 Å². The average molecular weight is 474 g/mol. The van der Waals surface area contributed by atoms with E-state index in [-0.39, 0.29) is 24.4 Å². The predicted octanol–water partition coefficient (Wildman–Crippen LogP) is 4.39. The molecule has 0 atom stereocenters. The van der Waals surface area contributed by atoms with Gasteiger partial charge in [0.15, 0.2) is 0 Å². The molecule has 3 aromatic rings. The predicted molar refractivity (Wildman–Crippen MR) is 111 cm³/mol. The van der Waals surface area contributed by atoms with Gasteiger partial charge >= 0.3 is 0 Å². The van der Waals surface area contributed by atoms with Gasteiger partial charge in [-0.05, 0) is 42.0 Å². The SMILES string of the molecule is N#Cc1cccc(CS(=O)(=O)N(Cc2ccccn2)Cc2ccc(Br)cc2F)c1. The second-order valence-corrected chi connectivity index (χ2v) is 9.28. The summed E-state index contributed by atoms with van der Waals surface area (Å²) in [5.41, 5.74) is 1.69. The Morgan fingerprint density at radius 3 is 2.59 bits per heavy atom. The zero-order valence-electron chi connectivity index (χ0n) is 15.3. The summed E-state index contributed by atoms with van der Waals surface area (Å²) in [6, 6.07) is 18.2. The first kappa shape index (κ1) is 21.1. The van der Waals surface area contributed by atoms with E-state index in [1.807, 2.05) is 6.07 Å². The molecule has 0 N–H and O–H groups in total. The van der Waals surface area contributed by atoms with Crippen molar-refractivity contribution in [2.45, 2.75) is 18.8 Å². The zero-order chi connectivity index (χ0) is 20.9. The lowest BCUT2D eigenvalue weighted by Gasteiger charge is -2.22. The summed E-state index contributed by atoms with van der Waals surface area (Å²) in [6.45, 7) is -0.118. The zero-order valence-corrected chi connectivity index (χ0v) is 17.7. The molecule has 8 heteroatoms. The third-order valence-corrected chi connectivity index (χ3v) is 6.46. The number of hydrogen-bond acceptors (Lipinski definition) is 4. The number of aromatic nitrogens is 1. The van der Waals surface area contributed by atoms with Crippen LogP contribution in [0.3, 0.4) is 0 Å². The molecule has 0 spiro atoms. The number of pyridine rings is 1. The van der Waals surface area contributed by atoms with Crippen molar-refractivity contribution in [2.75, 3.05) is 0 Å². The van der Waals surface area contributed by atoms with Gasteiger partial charge in [0.25, 0.3) is 0 Å². The molecule has 0 aliphatic rings. The Kier molecular flexibility index (Phi) is 6.75. The molecule has 0 aliphatic heterocycles. The van der Waals surface area contributed by atoms with Crippen LogP contribution < -0.4 is 0 Å². The molecule has 1 aromatic heterocycles. The van der Waals surface area contributed by atoms with Gasteiger partial charge in [-0.1, -0.05) is 40.2 Å². The molecule has 2 aromatic carbocycles. The Morgan fingerprint density at radius 1 is 1.07 bits per heavy atom. The summed E-state index contributed by atoms with van der Waals surface area (Å²) in [7, 11) is -3.82. The van der Waals surface area contributed by atoms with Crippen LogP contribution in [-0.2, 0) is 28.9 Å². The normalized spacial score (nSPS) is 11.4. The molecule has 0 unspecified atom stereocenters. The Labute approximate surface area is 177 Å². The number of halogens is 2. The average Bonchev–Trinajstić information content (AvgIpc) is 2.70. The quantitative estimate of drug-likeness (QED) is 0.509. The highest BCUT2D eigenvalue weighted by atomic mass is 79.9. The number of nitrogens with zero attached hydrogens (tertiary/aromatic N) is 3. The minimum absolute atomic E-state index is 0.0105. The first-order chi connectivity index (χ1) is 13.9. The maximum Gasteiger partial charge on any atom is 0.218 e. The maximum atomic E-state index is 14.4. The lowest BCUT2D eigenvalue weighted by molar-refractivity contribution is 0.389. The van der Waals surface area contributed by atoms with Gasteiger partial charge in [0, 0.05) is 22.8 Å². The summed E-state index contributed by atoms with van der Waals surface area (Å²) in [6.07, 6.45) is 1.58. The molecular weight excluding hydrogens is 457 g/mol. The van der Waals surface area contributed by atoms with Gasteiger partial charge in [-0.25, -0.2) is 12.8 Å². The molecule has 5 nitrogen and oxygen atoms in total. The second kappa shape index (κ2) is 9.27. The largest absolute Gasteiger partial charge is 0.260 e. The minimum atomic E-state index is -3.82. The van der Waals surface area contributed by atoms with Crippen molar-refractivity contribution < 1.29 is 12.8 Å². The maximum absolute atomic E-state index is 14.4. The molecule has 1 heterocycles. The van der Waals surface area contributed by atoms with Crippen LogP contribution in [0.15, 0.2) is 71.3 Å². The molecule has 0 radical (unpaired) electrons. The molecule has 148 valence electrons. The van der Waals surface area contributed by atoms with Crippen LogP contribution in [-0.4, -0.2) is 17.7 Å². The molecule has 0 saturated carbocycles. The van der Waals surface area contributed by atoms with Crippen LogP contribution in [0, 0.1) is 17.1 Å². The number of nitriles is 1. The monoisotopic (exact) mass is 473 g/mol. The lowest BCUT2D eigenvalue weighted by Crippen LogP contribution is -2.32. The number of hydrogen-bond donors (Lipinski definition) is 0. The van der Waals surface area contributed by atoms with Crippen molar-refractivity contribution in [3.8, 4) is 6.07 Å². The van der Waals surface area contributed by atoms with E-state index in [1.54, 1.807) is 54.7 Å². The van der Waals surface area contributed by atoms with Gasteiger partial charge in [0.1, 0.15) is 5.82 Å². The molecule has 29 heavy (non-hydrogen) atoms. The van der Waals surface area contributed by atoms with Crippen molar-refractivity contribution in [1.29, 1.82) is 5.26 Å². The summed E-state index contributed by atoms with van der Waals surface area (Å²) in [5.74, 6) is -0.792. The molecule has 0 bridgehead atoms. The van der Waals surface area contributed by atoms with Crippen molar-refractivity contribution in [3.05, 3.63) is 99.5 Å². The standard InChI is InChI=1S/C21H17BrFN3O2S/c22-19-8-7-18(21(23)11-19)13-26(14-20-6-1-2-9-25-20)29(27,28)15-17-5-3-4-16(10-17)12-24/h1-11H,13-15H2.